The number of carbonyl (C=O) groups excluding carboxylic acids is 1. The summed E-state index contributed by atoms with van der Waals surface area (Å²) in [6.07, 6.45) is 6.73. The van der Waals surface area contributed by atoms with E-state index in [0.717, 1.165) is 67.8 Å². The van der Waals surface area contributed by atoms with Gasteiger partial charge in [-0.1, -0.05) is 18.5 Å². The van der Waals surface area contributed by atoms with E-state index in [0.29, 0.717) is 17.5 Å². The van der Waals surface area contributed by atoms with Crippen LogP contribution in [0.4, 0.5) is 11.5 Å². The van der Waals surface area contributed by atoms with E-state index in [-0.39, 0.29) is 23.2 Å². The van der Waals surface area contributed by atoms with Gasteiger partial charge in [-0.3, -0.25) is 9.52 Å². The maximum Gasteiger partial charge on any atom is 0.256 e. The van der Waals surface area contributed by atoms with Crippen molar-refractivity contribution in [1.29, 1.82) is 0 Å². The Morgan fingerprint density at radius 3 is 2.69 bits per heavy atom. The van der Waals surface area contributed by atoms with E-state index in [4.69, 9.17) is 21.7 Å². The van der Waals surface area contributed by atoms with Gasteiger partial charge in [0.05, 0.1) is 35.4 Å². The van der Waals surface area contributed by atoms with Crippen LogP contribution in [-0.2, 0) is 10.0 Å². The van der Waals surface area contributed by atoms with Gasteiger partial charge in [0.15, 0.2) is 11.5 Å². The van der Waals surface area contributed by atoms with Crippen molar-refractivity contribution in [3.63, 3.8) is 0 Å². The molecule has 2 atom stereocenters. The molecule has 0 spiro atoms. The molecule has 1 amide bonds. The molecule has 36 heavy (non-hydrogen) atoms. The molecular weight excluding hydrogens is 500 g/mol. The van der Waals surface area contributed by atoms with Crippen LogP contribution in [0.2, 0.25) is 5.02 Å². The fraction of sp³-hybridized carbons (Fsp3) is 0.480. The average Bonchev–Trinajstić information content (AvgIpc) is 3.44. The van der Waals surface area contributed by atoms with E-state index in [1.165, 1.54) is 12.1 Å². The van der Waals surface area contributed by atoms with Gasteiger partial charge in [-0.25, -0.2) is 17.9 Å². The van der Waals surface area contributed by atoms with Crippen molar-refractivity contribution in [2.75, 3.05) is 35.5 Å². The van der Waals surface area contributed by atoms with Gasteiger partial charge in [0.1, 0.15) is 0 Å². The Morgan fingerprint density at radius 1 is 1.17 bits per heavy atom. The third-order valence-corrected chi connectivity index (χ3v) is 7.80. The molecule has 1 aromatic carbocycles. The summed E-state index contributed by atoms with van der Waals surface area (Å²) in [6, 6.07) is 6.41. The minimum Gasteiger partial charge on any atom is -0.355 e. The second kappa shape index (κ2) is 9.55. The Labute approximate surface area is 216 Å². The molecule has 0 radical (unpaired) electrons. The van der Waals surface area contributed by atoms with E-state index in [1.54, 1.807) is 11.0 Å². The molecule has 2 fully saturated rings. The van der Waals surface area contributed by atoms with Gasteiger partial charge < -0.3 is 9.80 Å². The zero-order valence-corrected chi connectivity index (χ0v) is 22.3. The number of carbonyl (C=O) groups is 1. The number of rotatable bonds is 5. The highest BCUT2D eigenvalue weighted by molar-refractivity contribution is 7.92. The highest BCUT2D eigenvalue weighted by atomic mass is 35.5. The van der Waals surface area contributed by atoms with E-state index >= 15 is 0 Å². The molecule has 0 saturated carbocycles. The smallest absolute Gasteiger partial charge is 0.256 e. The van der Waals surface area contributed by atoms with Crippen molar-refractivity contribution >= 4 is 44.7 Å². The average molecular weight is 531 g/mol. The SMILES string of the molecule is Cc1cc2nc([C@@H]3CCCCN3C(=O)c3cc(Cl)ccc3NS(C)(=O)=O)cn2nc1N1CCC(C)C1. The van der Waals surface area contributed by atoms with Crippen LogP contribution in [-0.4, -0.2) is 59.7 Å². The maximum absolute atomic E-state index is 13.7. The van der Waals surface area contributed by atoms with Crippen molar-refractivity contribution in [2.45, 2.75) is 45.6 Å². The van der Waals surface area contributed by atoms with Crippen LogP contribution in [0.5, 0.6) is 0 Å². The number of aryl methyl sites for hydroxylation is 1. The second-order valence-corrected chi connectivity index (χ2v) is 12.2. The summed E-state index contributed by atoms with van der Waals surface area (Å²) in [5, 5.41) is 5.25. The molecule has 3 aromatic rings. The molecule has 9 nitrogen and oxygen atoms in total. The van der Waals surface area contributed by atoms with Crippen molar-refractivity contribution in [2.24, 2.45) is 5.92 Å². The number of sulfonamides is 1. The highest BCUT2D eigenvalue weighted by Crippen LogP contribution is 2.34. The highest BCUT2D eigenvalue weighted by Gasteiger charge is 2.32. The molecule has 4 heterocycles. The number of nitrogens with one attached hydrogen (secondary N) is 1. The Bertz CT molecular complexity index is 1420. The molecule has 5 rings (SSSR count). The Kier molecular flexibility index (Phi) is 6.59. The lowest BCUT2D eigenvalue weighted by Gasteiger charge is -2.35. The first-order chi connectivity index (χ1) is 17.1. The van der Waals surface area contributed by atoms with E-state index < -0.39 is 10.0 Å². The number of piperidine rings is 1. The Hall–Kier alpha value is -2.85. The number of halogens is 1. The van der Waals surface area contributed by atoms with Crippen LogP contribution in [0.15, 0.2) is 30.5 Å². The first-order valence-electron chi connectivity index (χ1n) is 12.3. The number of imidazole rings is 1. The van der Waals surface area contributed by atoms with E-state index in [9.17, 15) is 13.2 Å². The molecule has 11 heteroatoms. The van der Waals surface area contributed by atoms with Gasteiger partial charge in [0.25, 0.3) is 5.91 Å². The maximum atomic E-state index is 13.7. The lowest BCUT2D eigenvalue weighted by Crippen LogP contribution is -2.39. The van der Waals surface area contributed by atoms with Gasteiger partial charge in [-0.2, -0.15) is 0 Å². The number of likely N-dealkylation sites (tertiary alicyclic amines) is 1. The third-order valence-electron chi connectivity index (χ3n) is 6.97. The summed E-state index contributed by atoms with van der Waals surface area (Å²) in [4.78, 5) is 22.7. The van der Waals surface area contributed by atoms with Crippen LogP contribution in [0.1, 0.15) is 60.3 Å². The fourth-order valence-corrected chi connectivity index (χ4v) is 5.99. The topological polar surface area (TPSA) is 99.9 Å². The van der Waals surface area contributed by atoms with Crippen molar-refractivity contribution in [3.8, 4) is 0 Å². The monoisotopic (exact) mass is 530 g/mol. The minimum absolute atomic E-state index is 0.216. The number of nitrogens with zero attached hydrogens (tertiary/aromatic N) is 5. The van der Waals surface area contributed by atoms with Crippen LogP contribution in [0, 0.1) is 12.8 Å². The molecule has 2 aliphatic heterocycles. The minimum atomic E-state index is -3.57. The number of benzene rings is 1. The molecule has 2 aromatic heterocycles. The van der Waals surface area contributed by atoms with Gasteiger partial charge in [0.2, 0.25) is 10.0 Å². The summed E-state index contributed by atoms with van der Waals surface area (Å²) in [6.45, 7) is 6.86. The van der Waals surface area contributed by atoms with E-state index in [2.05, 4.69) is 29.5 Å². The predicted molar refractivity (Wildman–Crippen MR) is 141 cm³/mol. The lowest BCUT2D eigenvalue weighted by molar-refractivity contribution is 0.0607. The molecule has 0 aliphatic carbocycles. The Balaban J connectivity index is 1.49. The number of hydrogen-bond donors (Lipinski definition) is 1. The second-order valence-electron chi connectivity index (χ2n) is 10.0. The zero-order valence-electron chi connectivity index (χ0n) is 20.7. The van der Waals surface area contributed by atoms with Gasteiger partial charge in [-0.05, 0) is 68.4 Å². The lowest BCUT2D eigenvalue weighted by atomic mass is 9.98. The molecule has 0 bridgehead atoms. The van der Waals surface area contributed by atoms with Crippen LogP contribution >= 0.6 is 11.6 Å². The van der Waals surface area contributed by atoms with Gasteiger partial charge in [0, 0.05) is 24.7 Å². The zero-order chi connectivity index (χ0) is 25.6. The molecule has 1 unspecified atom stereocenters. The summed E-state index contributed by atoms with van der Waals surface area (Å²) in [7, 11) is -3.57. The fourth-order valence-electron chi connectivity index (χ4n) is 5.24. The molecular formula is C25H31ClN6O3S. The number of hydrogen-bond acceptors (Lipinski definition) is 6. The number of aromatic nitrogens is 3. The number of fused-ring (bicyclic) bond motifs is 1. The normalized spacial score (nSPS) is 20.8. The summed E-state index contributed by atoms with van der Waals surface area (Å²) >= 11 is 6.19. The van der Waals surface area contributed by atoms with Gasteiger partial charge >= 0.3 is 0 Å². The van der Waals surface area contributed by atoms with Crippen LogP contribution in [0.25, 0.3) is 5.65 Å². The number of anilines is 2. The van der Waals surface area contributed by atoms with Crippen molar-refractivity contribution in [1.82, 2.24) is 19.5 Å². The molecule has 192 valence electrons. The van der Waals surface area contributed by atoms with Crippen molar-refractivity contribution < 1.29 is 13.2 Å². The predicted octanol–water partition coefficient (Wildman–Crippen LogP) is 4.28. The first kappa shape index (κ1) is 24.8. The van der Waals surface area contributed by atoms with Crippen LogP contribution < -0.4 is 9.62 Å². The standard InChI is InChI=1S/C25H31ClN6O3S/c1-16-9-11-30(14-16)24-17(2)12-23-27-21(15-32(23)28-24)22-6-4-5-10-31(22)25(33)19-13-18(26)7-8-20(19)29-36(3,34)35/h7-8,12-13,15-16,22,29H,4-6,9-11,14H2,1-3H3/t16?,22-/m0/s1. The summed E-state index contributed by atoms with van der Waals surface area (Å²) < 4.78 is 28.1. The van der Waals surface area contributed by atoms with Crippen molar-refractivity contribution in [3.05, 3.63) is 52.3 Å². The summed E-state index contributed by atoms with van der Waals surface area (Å²) in [5.41, 5.74) is 3.05. The van der Waals surface area contributed by atoms with E-state index in [1.807, 2.05) is 10.7 Å². The molecule has 2 saturated heterocycles. The largest absolute Gasteiger partial charge is 0.355 e. The quantitative estimate of drug-likeness (QED) is 0.528. The van der Waals surface area contributed by atoms with Gasteiger partial charge in [-0.15, -0.1) is 5.10 Å². The molecule has 1 N–H and O–H groups in total. The van der Waals surface area contributed by atoms with Crippen LogP contribution in [0.3, 0.4) is 0 Å². The Morgan fingerprint density at radius 2 is 1.97 bits per heavy atom. The number of amides is 1. The molecule has 2 aliphatic rings. The summed E-state index contributed by atoms with van der Waals surface area (Å²) in [5.74, 6) is 1.35. The third kappa shape index (κ3) is 5.01. The first-order valence-corrected chi connectivity index (χ1v) is 14.6.